The van der Waals surface area contributed by atoms with E-state index in [0.717, 1.165) is 27.8 Å². The summed E-state index contributed by atoms with van der Waals surface area (Å²) >= 11 is 0. The van der Waals surface area contributed by atoms with E-state index in [1.54, 1.807) is 25.7 Å². The summed E-state index contributed by atoms with van der Waals surface area (Å²) in [6.07, 6.45) is 5.29. The van der Waals surface area contributed by atoms with Crippen LogP contribution >= 0.6 is 0 Å². The highest BCUT2D eigenvalue weighted by Gasteiger charge is 2.09. The van der Waals surface area contributed by atoms with E-state index in [0.29, 0.717) is 18.2 Å². The van der Waals surface area contributed by atoms with Crippen molar-refractivity contribution in [2.24, 2.45) is 0 Å². The molecule has 0 saturated heterocycles. The van der Waals surface area contributed by atoms with Crippen molar-refractivity contribution in [1.82, 2.24) is 19.9 Å². The molecule has 0 unspecified atom stereocenters. The SMILES string of the molecule is COc1ccc(CNc2nc(-c3cccnc3)nc3ccccc23)cn1. The normalized spacial score (nSPS) is 10.7. The Balaban J connectivity index is 1.68. The highest BCUT2D eigenvalue weighted by molar-refractivity contribution is 5.90. The summed E-state index contributed by atoms with van der Waals surface area (Å²) in [6, 6.07) is 15.6. The van der Waals surface area contributed by atoms with Crippen LogP contribution in [0.25, 0.3) is 22.3 Å². The average molecular weight is 343 g/mol. The Bertz CT molecular complexity index is 1020. The number of pyridine rings is 2. The molecule has 0 spiro atoms. The van der Waals surface area contributed by atoms with Crippen molar-refractivity contribution in [3.8, 4) is 17.3 Å². The molecule has 0 aliphatic heterocycles. The fraction of sp³-hybridized carbons (Fsp3) is 0.100. The second-order valence-corrected chi connectivity index (χ2v) is 5.72. The molecule has 0 aliphatic rings. The van der Waals surface area contributed by atoms with Gasteiger partial charge in [0.25, 0.3) is 0 Å². The quantitative estimate of drug-likeness (QED) is 0.595. The first-order valence-electron chi connectivity index (χ1n) is 8.23. The van der Waals surface area contributed by atoms with E-state index in [4.69, 9.17) is 9.72 Å². The number of para-hydroxylation sites is 1. The summed E-state index contributed by atoms with van der Waals surface area (Å²) in [5, 5.41) is 4.37. The molecule has 0 atom stereocenters. The van der Waals surface area contributed by atoms with Gasteiger partial charge in [-0.15, -0.1) is 0 Å². The van der Waals surface area contributed by atoms with Gasteiger partial charge >= 0.3 is 0 Å². The molecular weight excluding hydrogens is 326 g/mol. The second kappa shape index (κ2) is 7.14. The highest BCUT2D eigenvalue weighted by Crippen LogP contribution is 2.24. The van der Waals surface area contributed by atoms with E-state index in [-0.39, 0.29) is 0 Å². The Hall–Kier alpha value is -3.54. The second-order valence-electron chi connectivity index (χ2n) is 5.72. The molecule has 3 heterocycles. The molecule has 0 radical (unpaired) electrons. The van der Waals surface area contributed by atoms with Crippen molar-refractivity contribution in [2.45, 2.75) is 6.54 Å². The third-order valence-corrected chi connectivity index (χ3v) is 3.99. The van der Waals surface area contributed by atoms with Crippen LogP contribution in [0.15, 0.2) is 67.1 Å². The average Bonchev–Trinajstić information content (AvgIpc) is 2.73. The zero-order chi connectivity index (χ0) is 17.8. The number of nitrogens with zero attached hydrogens (tertiary/aromatic N) is 4. The molecule has 4 rings (SSSR count). The Morgan fingerprint density at radius 2 is 1.88 bits per heavy atom. The van der Waals surface area contributed by atoms with Gasteiger partial charge in [0.05, 0.1) is 12.6 Å². The Labute approximate surface area is 150 Å². The van der Waals surface area contributed by atoms with Crippen molar-refractivity contribution >= 4 is 16.7 Å². The van der Waals surface area contributed by atoms with Crippen molar-refractivity contribution in [1.29, 1.82) is 0 Å². The molecule has 0 amide bonds. The monoisotopic (exact) mass is 343 g/mol. The van der Waals surface area contributed by atoms with Crippen molar-refractivity contribution in [2.75, 3.05) is 12.4 Å². The Morgan fingerprint density at radius 1 is 0.962 bits per heavy atom. The lowest BCUT2D eigenvalue weighted by Gasteiger charge is -2.11. The van der Waals surface area contributed by atoms with Crippen LogP contribution in [-0.4, -0.2) is 27.0 Å². The predicted octanol–water partition coefficient (Wildman–Crippen LogP) is 3.71. The number of anilines is 1. The molecule has 6 nitrogen and oxygen atoms in total. The standard InChI is InChI=1S/C20H17N5O/c1-26-18-9-8-14(11-22-18)12-23-20-16-6-2-3-7-17(16)24-19(25-20)15-5-4-10-21-13-15/h2-11,13H,12H2,1H3,(H,23,24,25). The van der Waals surface area contributed by atoms with Gasteiger partial charge in [0.1, 0.15) is 5.82 Å². The van der Waals surface area contributed by atoms with Gasteiger partial charge in [-0.1, -0.05) is 18.2 Å². The van der Waals surface area contributed by atoms with Gasteiger partial charge in [-0.2, -0.15) is 0 Å². The van der Waals surface area contributed by atoms with Crippen LogP contribution in [0.4, 0.5) is 5.82 Å². The fourth-order valence-electron chi connectivity index (χ4n) is 2.66. The summed E-state index contributed by atoms with van der Waals surface area (Å²) in [7, 11) is 1.60. The number of methoxy groups -OCH3 is 1. The molecule has 3 aromatic heterocycles. The summed E-state index contributed by atoms with van der Waals surface area (Å²) in [5.74, 6) is 2.03. The molecule has 0 saturated carbocycles. The van der Waals surface area contributed by atoms with Gasteiger partial charge in [-0.05, 0) is 29.8 Å². The highest BCUT2D eigenvalue weighted by atomic mass is 16.5. The van der Waals surface area contributed by atoms with Crippen LogP contribution in [0.2, 0.25) is 0 Å². The predicted molar refractivity (Wildman–Crippen MR) is 101 cm³/mol. The summed E-state index contributed by atoms with van der Waals surface area (Å²) in [4.78, 5) is 17.8. The third kappa shape index (κ3) is 3.30. The van der Waals surface area contributed by atoms with Crippen LogP contribution in [-0.2, 0) is 6.54 Å². The minimum Gasteiger partial charge on any atom is -0.481 e. The fourth-order valence-corrected chi connectivity index (χ4v) is 2.66. The van der Waals surface area contributed by atoms with E-state index in [2.05, 4.69) is 20.3 Å². The summed E-state index contributed by atoms with van der Waals surface area (Å²) < 4.78 is 5.10. The molecule has 1 N–H and O–H groups in total. The van der Waals surface area contributed by atoms with Gasteiger partial charge < -0.3 is 10.1 Å². The first-order chi connectivity index (χ1) is 12.8. The third-order valence-electron chi connectivity index (χ3n) is 3.99. The molecular formula is C20H17N5O. The van der Waals surface area contributed by atoms with E-state index >= 15 is 0 Å². The Morgan fingerprint density at radius 3 is 2.65 bits per heavy atom. The van der Waals surface area contributed by atoms with Crippen LogP contribution in [0.1, 0.15) is 5.56 Å². The molecule has 26 heavy (non-hydrogen) atoms. The smallest absolute Gasteiger partial charge is 0.212 e. The van der Waals surface area contributed by atoms with Crippen molar-refractivity contribution in [3.63, 3.8) is 0 Å². The number of fused-ring (bicyclic) bond motifs is 1. The lowest BCUT2D eigenvalue weighted by Crippen LogP contribution is -2.04. The number of hydrogen-bond acceptors (Lipinski definition) is 6. The van der Waals surface area contributed by atoms with Crippen molar-refractivity contribution in [3.05, 3.63) is 72.7 Å². The molecule has 0 bridgehead atoms. The van der Waals surface area contributed by atoms with Gasteiger partial charge in [-0.25, -0.2) is 15.0 Å². The van der Waals surface area contributed by atoms with E-state index in [1.807, 2.05) is 48.5 Å². The van der Waals surface area contributed by atoms with Gasteiger partial charge in [0.15, 0.2) is 5.82 Å². The van der Waals surface area contributed by atoms with Crippen LogP contribution in [0.5, 0.6) is 5.88 Å². The summed E-state index contributed by atoms with van der Waals surface area (Å²) in [5.41, 5.74) is 2.81. The van der Waals surface area contributed by atoms with E-state index in [9.17, 15) is 0 Å². The first kappa shape index (κ1) is 16.0. The molecule has 4 aromatic rings. The van der Waals surface area contributed by atoms with E-state index in [1.165, 1.54) is 0 Å². The number of aromatic nitrogens is 4. The number of ether oxygens (including phenoxy) is 1. The van der Waals surface area contributed by atoms with Crippen LogP contribution < -0.4 is 10.1 Å². The largest absolute Gasteiger partial charge is 0.481 e. The van der Waals surface area contributed by atoms with Gasteiger partial charge in [0, 0.05) is 42.2 Å². The zero-order valence-corrected chi connectivity index (χ0v) is 14.3. The van der Waals surface area contributed by atoms with Crippen LogP contribution in [0.3, 0.4) is 0 Å². The minimum absolute atomic E-state index is 0.597. The van der Waals surface area contributed by atoms with Crippen LogP contribution in [0, 0.1) is 0 Å². The lowest BCUT2D eigenvalue weighted by molar-refractivity contribution is 0.397. The number of nitrogens with one attached hydrogen (secondary N) is 1. The maximum absolute atomic E-state index is 5.10. The van der Waals surface area contributed by atoms with Gasteiger partial charge in [-0.3, -0.25) is 4.98 Å². The molecule has 6 heteroatoms. The van der Waals surface area contributed by atoms with E-state index < -0.39 is 0 Å². The van der Waals surface area contributed by atoms with Crippen molar-refractivity contribution < 1.29 is 4.74 Å². The first-order valence-corrected chi connectivity index (χ1v) is 8.23. The number of hydrogen-bond donors (Lipinski definition) is 1. The molecule has 0 fully saturated rings. The molecule has 1 aromatic carbocycles. The lowest BCUT2D eigenvalue weighted by atomic mass is 10.2. The molecule has 128 valence electrons. The Kier molecular flexibility index (Phi) is 4.38. The number of benzene rings is 1. The number of rotatable bonds is 5. The topological polar surface area (TPSA) is 72.8 Å². The summed E-state index contributed by atoms with van der Waals surface area (Å²) in [6.45, 7) is 0.602. The van der Waals surface area contributed by atoms with Gasteiger partial charge in [0.2, 0.25) is 5.88 Å². The maximum atomic E-state index is 5.10. The molecule has 0 aliphatic carbocycles. The zero-order valence-electron chi connectivity index (χ0n) is 14.3. The maximum Gasteiger partial charge on any atom is 0.212 e. The minimum atomic E-state index is 0.597.